The Morgan fingerprint density at radius 2 is 2.05 bits per heavy atom. The molecule has 2 unspecified atom stereocenters. The summed E-state index contributed by atoms with van der Waals surface area (Å²) in [6.07, 6.45) is 5.56. The molecule has 0 amide bonds. The monoisotopic (exact) mass is 263 g/mol. The highest BCUT2D eigenvalue weighted by Crippen LogP contribution is 2.62. The fourth-order valence-corrected chi connectivity index (χ4v) is 5.18. The van der Waals surface area contributed by atoms with Gasteiger partial charge in [-0.1, -0.05) is 0 Å². The second-order valence-corrected chi connectivity index (χ2v) is 7.12. The molecule has 4 rings (SSSR count). The van der Waals surface area contributed by atoms with Gasteiger partial charge in [0.05, 0.1) is 12.0 Å². The first-order chi connectivity index (χ1) is 8.92. The van der Waals surface area contributed by atoms with Gasteiger partial charge in [-0.25, -0.2) is 0 Å². The zero-order chi connectivity index (χ0) is 13.7. The van der Waals surface area contributed by atoms with Crippen LogP contribution in [-0.4, -0.2) is 22.8 Å². The highest BCUT2D eigenvalue weighted by Gasteiger charge is 2.57. The number of hydrogen-bond donors (Lipinski definition) is 1. The number of ether oxygens (including phenoxy) is 1. The maximum absolute atomic E-state index is 11.9. The molecule has 0 radical (unpaired) electrons. The normalized spacial score (nSPS) is 44.7. The smallest absolute Gasteiger partial charge is 0.307 e. The van der Waals surface area contributed by atoms with Crippen LogP contribution in [0.3, 0.4) is 0 Å². The van der Waals surface area contributed by atoms with Crippen LogP contribution in [0.1, 0.15) is 51.9 Å². The second kappa shape index (κ2) is 4.21. The highest BCUT2D eigenvalue weighted by molar-refractivity contribution is 5.71. The topological polar surface area (TPSA) is 70.3 Å². The molecule has 0 saturated heterocycles. The van der Waals surface area contributed by atoms with Crippen molar-refractivity contribution in [1.82, 2.24) is 0 Å². The van der Waals surface area contributed by atoms with E-state index in [-0.39, 0.29) is 11.4 Å². The van der Waals surface area contributed by atoms with E-state index in [1.165, 1.54) is 6.42 Å². The number of rotatable bonds is 3. The third-order valence-corrected chi connectivity index (χ3v) is 5.16. The van der Waals surface area contributed by atoms with Crippen molar-refractivity contribution in [2.24, 2.45) is 17.3 Å². The van der Waals surface area contributed by atoms with Crippen LogP contribution in [0.15, 0.2) is 0 Å². The molecule has 4 nitrogen and oxygen atoms in total. The van der Waals surface area contributed by atoms with Gasteiger partial charge in [-0.05, 0) is 62.7 Å². The lowest BCUT2D eigenvalue weighted by atomic mass is 9.47. The molecule has 0 aromatic heterocycles. The Morgan fingerprint density at radius 3 is 2.58 bits per heavy atom. The predicted octanol–water partition coefficient (Wildman–Crippen LogP) is 2.16. The zero-order valence-electron chi connectivity index (χ0n) is 11.4. The lowest BCUT2D eigenvalue weighted by molar-refractivity contribution is -0.177. The third-order valence-electron chi connectivity index (χ3n) is 5.16. The fraction of sp³-hybridized carbons (Fsp3) is 0.867. The molecule has 4 saturated carbocycles. The Bertz CT molecular complexity index is 425. The van der Waals surface area contributed by atoms with Gasteiger partial charge in [0, 0.05) is 0 Å². The first kappa shape index (κ1) is 12.9. The lowest BCUT2D eigenvalue weighted by Gasteiger charge is -2.60. The summed E-state index contributed by atoms with van der Waals surface area (Å²) in [7, 11) is 0. The number of hydrogen-bond acceptors (Lipinski definition) is 4. The summed E-state index contributed by atoms with van der Waals surface area (Å²) in [5.41, 5.74) is -0.601. The summed E-state index contributed by atoms with van der Waals surface area (Å²) >= 11 is 0. The highest BCUT2D eigenvalue weighted by atomic mass is 16.5. The van der Waals surface area contributed by atoms with E-state index >= 15 is 0 Å². The number of aliphatic hydroxyl groups is 1. The Balaban J connectivity index is 1.71. The van der Waals surface area contributed by atoms with Crippen molar-refractivity contribution < 1.29 is 14.6 Å². The fourth-order valence-electron chi connectivity index (χ4n) is 5.18. The molecule has 4 heteroatoms. The van der Waals surface area contributed by atoms with Gasteiger partial charge in [0.2, 0.25) is 0 Å². The van der Waals surface area contributed by atoms with Gasteiger partial charge in [0.15, 0.2) is 6.10 Å². The number of nitriles is 1. The van der Waals surface area contributed by atoms with Crippen LogP contribution >= 0.6 is 0 Å². The van der Waals surface area contributed by atoms with Gasteiger partial charge in [-0.3, -0.25) is 4.79 Å². The number of nitrogens with zero attached hydrogens (tertiary/aromatic N) is 1. The van der Waals surface area contributed by atoms with Crippen molar-refractivity contribution in [2.45, 2.75) is 63.6 Å². The van der Waals surface area contributed by atoms with Crippen molar-refractivity contribution in [1.29, 1.82) is 5.26 Å². The molecule has 19 heavy (non-hydrogen) atoms. The van der Waals surface area contributed by atoms with E-state index in [4.69, 9.17) is 10.00 Å². The lowest BCUT2D eigenvalue weighted by Crippen LogP contribution is -2.56. The SMILES string of the molecule is C[C@@H](C#N)OC(=O)CC12C[C@@H]3C[C@@H](CC(O)(C3)C1)C2. The van der Waals surface area contributed by atoms with Gasteiger partial charge < -0.3 is 9.84 Å². The van der Waals surface area contributed by atoms with E-state index < -0.39 is 11.7 Å². The van der Waals surface area contributed by atoms with E-state index in [1.54, 1.807) is 6.92 Å². The van der Waals surface area contributed by atoms with Crippen molar-refractivity contribution >= 4 is 5.97 Å². The molecule has 4 aliphatic carbocycles. The van der Waals surface area contributed by atoms with Gasteiger partial charge in [-0.15, -0.1) is 0 Å². The van der Waals surface area contributed by atoms with E-state index in [9.17, 15) is 9.90 Å². The minimum Gasteiger partial charge on any atom is -0.447 e. The Morgan fingerprint density at radius 1 is 1.42 bits per heavy atom. The molecule has 0 spiro atoms. The van der Waals surface area contributed by atoms with E-state index in [0.29, 0.717) is 18.3 Å². The van der Waals surface area contributed by atoms with Crippen molar-refractivity contribution in [3.8, 4) is 6.07 Å². The Kier molecular flexibility index (Phi) is 2.86. The standard InChI is InChI=1S/C15H21NO3/c1-10(8-16)19-13(17)7-14-3-11-2-12(4-14)6-15(18,5-11)9-14/h10-12,18H,2-7,9H2,1H3/t10-,11-,12+,14?,15?/m0/s1. The quantitative estimate of drug-likeness (QED) is 0.792. The van der Waals surface area contributed by atoms with Crippen molar-refractivity contribution in [3.05, 3.63) is 0 Å². The summed E-state index contributed by atoms with van der Waals surface area (Å²) in [4.78, 5) is 11.9. The Labute approximate surface area is 113 Å². The average molecular weight is 263 g/mol. The first-order valence-electron chi connectivity index (χ1n) is 7.24. The minimum atomic E-state index is -0.676. The van der Waals surface area contributed by atoms with Gasteiger partial charge in [-0.2, -0.15) is 5.26 Å². The van der Waals surface area contributed by atoms with Crippen molar-refractivity contribution in [2.75, 3.05) is 0 Å². The molecule has 0 aromatic carbocycles. The molecule has 4 fully saturated rings. The summed E-state index contributed by atoms with van der Waals surface area (Å²) < 4.78 is 5.09. The van der Waals surface area contributed by atoms with Crippen molar-refractivity contribution in [3.63, 3.8) is 0 Å². The third kappa shape index (κ3) is 2.36. The second-order valence-electron chi connectivity index (χ2n) is 7.12. The van der Waals surface area contributed by atoms with E-state index in [1.807, 2.05) is 6.07 Å². The van der Waals surface area contributed by atoms with Crippen LogP contribution in [0.5, 0.6) is 0 Å². The number of esters is 1. The predicted molar refractivity (Wildman–Crippen MR) is 67.8 cm³/mol. The number of carbonyl (C=O) groups excluding carboxylic acids is 1. The molecule has 0 aromatic rings. The average Bonchev–Trinajstić information content (AvgIpc) is 2.23. The molecular formula is C15H21NO3. The maximum atomic E-state index is 11.9. The zero-order valence-corrected chi connectivity index (χ0v) is 11.4. The van der Waals surface area contributed by atoms with Gasteiger partial charge in [0.25, 0.3) is 0 Å². The molecule has 0 heterocycles. The maximum Gasteiger partial charge on any atom is 0.307 e. The summed E-state index contributed by atoms with van der Waals surface area (Å²) in [5.74, 6) is 0.875. The molecule has 4 aliphatic rings. The largest absolute Gasteiger partial charge is 0.447 e. The summed E-state index contributed by atoms with van der Waals surface area (Å²) in [6.45, 7) is 1.59. The first-order valence-corrected chi connectivity index (χ1v) is 7.24. The van der Waals surface area contributed by atoms with Crippen LogP contribution in [-0.2, 0) is 9.53 Å². The van der Waals surface area contributed by atoms with Crippen LogP contribution in [0, 0.1) is 28.6 Å². The molecule has 5 atom stereocenters. The Hall–Kier alpha value is -1.08. The summed E-state index contributed by atoms with van der Waals surface area (Å²) in [5, 5.41) is 19.3. The molecule has 4 bridgehead atoms. The minimum absolute atomic E-state index is 0.0644. The number of carbonyl (C=O) groups is 1. The molecular weight excluding hydrogens is 242 g/mol. The van der Waals surface area contributed by atoms with Crippen LogP contribution in [0.4, 0.5) is 0 Å². The van der Waals surface area contributed by atoms with E-state index in [0.717, 1.165) is 32.1 Å². The molecule has 104 valence electrons. The molecule has 0 aliphatic heterocycles. The van der Waals surface area contributed by atoms with Crippen LogP contribution in [0.25, 0.3) is 0 Å². The van der Waals surface area contributed by atoms with Crippen LogP contribution < -0.4 is 0 Å². The molecule has 1 N–H and O–H groups in total. The van der Waals surface area contributed by atoms with Crippen LogP contribution in [0.2, 0.25) is 0 Å². The van der Waals surface area contributed by atoms with Gasteiger partial charge in [0.1, 0.15) is 6.07 Å². The van der Waals surface area contributed by atoms with E-state index in [2.05, 4.69) is 0 Å². The summed E-state index contributed by atoms with van der Waals surface area (Å²) in [6, 6.07) is 1.92. The van der Waals surface area contributed by atoms with Gasteiger partial charge >= 0.3 is 5.97 Å².